The highest BCUT2D eigenvalue weighted by molar-refractivity contribution is 9.10. The third-order valence-corrected chi connectivity index (χ3v) is 4.85. The number of rotatable bonds is 4. The van der Waals surface area contributed by atoms with Crippen LogP contribution in [-0.2, 0) is 16.0 Å². The van der Waals surface area contributed by atoms with Crippen LogP contribution in [0.1, 0.15) is 18.4 Å². The van der Waals surface area contributed by atoms with Crippen LogP contribution in [0.5, 0.6) is 5.75 Å². The summed E-state index contributed by atoms with van der Waals surface area (Å²) in [7, 11) is 1.63. The molecule has 2 aliphatic rings. The van der Waals surface area contributed by atoms with Gasteiger partial charge < -0.3 is 9.47 Å². The quantitative estimate of drug-likeness (QED) is 0.833. The summed E-state index contributed by atoms with van der Waals surface area (Å²) in [5, 5.41) is 0. The van der Waals surface area contributed by atoms with Gasteiger partial charge in [-0.15, -0.1) is 0 Å². The van der Waals surface area contributed by atoms with Crippen LogP contribution in [0.3, 0.4) is 0 Å². The van der Waals surface area contributed by atoms with E-state index in [0.29, 0.717) is 19.1 Å². The fourth-order valence-corrected chi connectivity index (χ4v) is 3.61. The lowest BCUT2D eigenvalue weighted by Crippen LogP contribution is -2.49. The minimum Gasteiger partial charge on any atom is -0.496 e. The number of halogens is 1. The number of ketones is 1. The molecule has 0 aromatic heterocycles. The standard InChI is InChI=1S/C16H20BrNO3/c1-20-15-5-4-12(17)7-11(15)8-14(19)16-9-18-6-2-3-13(18)10-21-16/h4-5,7,13,16H,2-3,6,8-10H2,1H3. The van der Waals surface area contributed by atoms with E-state index in [1.807, 2.05) is 18.2 Å². The first-order valence-electron chi connectivity index (χ1n) is 7.38. The van der Waals surface area contributed by atoms with Gasteiger partial charge in [0.1, 0.15) is 11.9 Å². The number of nitrogens with zero attached hydrogens (tertiary/aromatic N) is 1. The van der Waals surface area contributed by atoms with Gasteiger partial charge in [-0.3, -0.25) is 9.69 Å². The summed E-state index contributed by atoms with van der Waals surface area (Å²) in [5.74, 6) is 0.887. The number of benzene rings is 1. The molecule has 0 radical (unpaired) electrons. The molecule has 2 fully saturated rings. The molecule has 1 aromatic carbocycles. The van der Waals surface area contributed by atoms with Gasteiger partial charge in [-0.25, -0.2) is 0 Å². The monoisotopic (exact) mass is 353 g/mol. The highest BCUT2D eigenvalue weighted by Gasteiger charge is 2.35. The molecule has 0 aliphatic carbocycles. The first kappa shape index (κ1) is 15.0. The zero-order valence-electron chi connectivity index (χ0n) is 12.2. The summed E-state index contributed by atoms with van der Waals surface area (Å²) >= 11 is 3.44. The lowest BCUT2D eigenvalue weighted by molar-refractivity contribution is -0.137. The van der Waals surface area contributed by atoms with Crippen LogP contribution in [-0.4, -0.2) is 49.6 Å². The normalized spacial score (nSPS) is 25.6. The van der Waals surface area contributed by atoms with Crippen molar-refractivity contribution in [2.75, 3.05) is 26.8 Å². The molecular weight excluding hydrogens is 334 g/mol. The molecule has 5 heteroatoms. The number of Topliss-reactive ketones (excluding diaryl/α,β-unsaturated/α-hetero) is 1. The van der Waals surface area contributed by atoms with E-state index < -0.39 is 0 Å². The van der Waals surface area contributed by atoms with Gasteiger partial charge in [0.2, 0.25) is 0 Å². The molecular formula is C16H20BrNO3. The van der Waals surface area contributed by atoms with Gasteiger partial charge in [0.05, 0.1) is 13.7 Å². The Morgan fingerprint density at radius 3 is 3.19 bits per heavy atom. The Labute approximate surface area is 133 Å². The molecule has 2 saturated heterocycles. The lowest BCUT2D eigenvalue weighted by Gasteiger charge is -2.34. The van der Waals surface area contributed by atoms with E-state index >= 15 is 0 Å². The summed E-state index contributed by atoms with van der Waals surface area (Å²) in [4.78, 5) is 14.9. The largest absolute Gasteiger partial charge is 0.496 e. The van der Waals surface area contributed by atoms with Crippen molar-refractivity contribution in [3.63, 3.8) is 0 Å². The van der Waals surface area contributed by atoms with Crippen molar-refractivity contribution in [2.24, 2.45) is 0 Å². The van der Waals surface area contributed by atoms with E-state index in [0.717, 1.165) is 28.9 Å². The highest BCUT2D eigenvalue weighted by Crippen LogP contribution is 2.26. The van der Waals surface area contributed by atoms with Gasteiger partial charge in [-0.05, 0) is 37.6 Å². The summed E-state index contributed by atoms with van der Waals surface area (Å²) in [5.41, 5.74) is 0.907. The second-order valence-electron chi connectivity index (χ2n) is 5.71. The zero-order valence-corrected chi connectivity index (χ0v) is 13.8. The average Bonchev–Trinajstić information content (AvgIpc) is 2.94. The highest BCUT2D eigenvalue weighted by atomic mass is 79.9. The molecule has 0 spiro atoms. The number of hydrogen-bond acceptors (Lipinski definition) is 4. The number of carbonyl (C=O) groups is 1. The maximum absolute atomic E-state index is 12.5. The fraction of sp³-hybridized carbons (Fsp3) is 0.562. The number of carbonyl (C=O) groups excluding carboxylic acids is 1. The first-order valence-corrected chi connectivity index (χ1v) is 8.17. The van der Waals surface area contributed by atoms with E-state index in [1.54, 1.807) is 7.11 Å². The lowest BCUT2D eigenvalue weighted by atomic mass is 10.0. The molecule has 2 aliphatic heterocycles. The molecule has 3 rings (SSSR count). The molecule has 21 heavy (non-hydrogen) atoms. The van der Waals surface area contributed by atoms with E-state index in [1.165, 1.54) is 12.8 Å². The zero-order chi connectivity index (χ0) is 14.8. The minimum atomic E-state index is -0.303. The van der Waals surface area contributed by atoms with Crippen molar-refractivity contribution >= 4 is 21.7 Å². The maximum Gasteiger partial charge on any atom is 0.167 e. The smallest absolute Gasteiger partial charge is 0.167 e. The maximum atomic E-state index is 12.5. The number of methoxy groups -OCH3 is 1. The van der Waals surface area contributed by atoms with Crippen LogP contribution in [0, 0.1) is 0 Å². The van der Waals surface area contributed by atoms with Crippen LogP contribution < -0.4 is 4.74 Å². The predicted octanol–water partition coefficient (Wildman–Crippen LogP) is 2.43. The summed E-state index contributed by atoms with van der Waals surface area (Å²) in [6.45, 7) is 2.52. The number of fused-ring (bicyclic) bond motifs is 1. The Bertz CT molecular complexity index is 534. The van der Waals surface area contributed by atoms with Crippen molar-refractivity contribution in [3.8, 4) is 5.75 Å². The number of morpholine rings is 1. The average molecular weight is 354 g/mol. The molecule has 0 N–H and O–H groups in total. The van der Waals surface area contributed by atoms with Crippen molar-refractivity contribution in [1.29, 1.82) is 0 Å². The summed E-state index contributed by atoms with van der Waals surface area (Å²) in [6, 6.07) is 6.26. The molecule has 2 unspecified atom stereocenters. The molecule has 114 valence electrons. The Kier molecular flexibility index (Phi) is 4.62. The van der Waals surface area contributed by atoms with Gasteiger partial charge >= 0.3 is 0 Å². The molecule has 0 amide bonds. The van der Waals surface area contributed by atoms with Crippen molar-refractivity contribution in [2.45, 2.75) is 31.4 Å². The van der Waals surface area contributed by atoms with Gasteiger partial charge in [-0.2, -0.15) is 0 Å². The topological polar surface area (TPSA) is 38.8 Å². The summed E-state index contributed by atoms with van der Waals surface area (Å²) in [6.07, 6.45) is 2.46. The van der Waals surface area contributed by atoms with Crippen LogP contribution in [0.4, 0.5) is 0 Å². The van der Waals surface area contributed by atoms with Crippen molar-refractivity contribution in [1.82, 2.24) is 4.90 Å². The van der Waals surface area contributed by atoms with Crippen LogP contribution in [0.15, 0.2) is 22.7 Å². The Morgan fingerprint density at radius 2 is 2.38 bits per heavy atom. The van der Waals surface area contributed by atoms with Crippen LogP contribution >= 0.6 is 15.9 Å². The number of ether oxygens (including phenoxy) is 2. The second-order valence-corrected chi connectivity index (χ2v) is 6.63. The molecule has 4 nitrogen and oxygen atoms in total. The fourth-order valence-electron chi connectivity index (χ4n) is 3.20. The Morgan fingerprint density at radius 1 is 1.52 bits per heavy atom. The van der Waals surface area contributed by atoms with Gasteiger partial charge in [0.25, 0.3) is 0 Å². The third-order valence-electron chi connectivity index (χ3n) is 4.36. The van der Waals surface area contributed by atoms with Crippen molar-refractivity contribution < 1.29 is 14.3 Å². The van der Waals surface area contributed by atoms with Gasteiger partial charge in [-0.1, -0.05) is 15.9 Å². The molecule has 2 atom stereocenters. The SMILES string of the molecule is COc1ccc(Br)cc1CC(=O)C1CN2CCCC2CO1. The van der Waals surface area contributed by atoms with E-state index in [2.05, 4.69) is 20.8 Å². The molecule has 1 aromatic rings. The number of hydrogen-bond donors (Lipinski definition) is 0. The van der Waals surface area contributed by atoms with E-state index in [9.17, 15) is 4.79 Å². The predicted molar refractivity (Wildman–Crippen MR) is 83.7 cm³/mol. The first-order chi connectivity index (χ1) is 10.2. The third kappa shape index (κ3) is 3.30. The van der Waals surface area contributed by atoms with E-state index in [-0.39, 0.29) is 11.9 Å². The van der Waals surface area contributed by atoms with Gasteiger partial charge in [0, 0.05) is 29.0 Å². The second kappa shape index (κ2) is 6.46. The van der Waals surface area contributed by atoms with E-state index in [4.69, 9.17) is 9.47 Å². The van der Waals surface area contributed by atoms with Crippen LogP contribution in [0.2, 0.25) is 0 Å². The Hall–Kier alpha value is -0.910. The van der Waals surface area contributed by atoms with Crippen molar-refractivity contribution in [3.05, 3.63) is 28.2 Å². The Balaban J connectivity index is 1.67. The minimum absolute atomic E-state index is 0.136. The molecule has 2 heterocycles. The molecule has 0 bridgehead atoms. The van der Waals surface area contributed by atoms with Gasteiger partial charge in [0.15, 0.2) is 5.78 Å². The van der Waals surface area contributed by atoms with Crippen LogP contribution in [0.25, 0.3) is 0 Å². The molecule has 0 saturated carbocycles. The summed E-state index contributed by atoms with van der Waals surface area (Å²) < 4.78 is 12.1.